The molecule has 0 spiro atoms. The first-order valence-electron chi connectivity index (χ1n) is 5.10. The van der Waals surface area contributed by atoms with Crippen molar-refractivity contribution in [2.24, 2.45) is 0 Å². The van der Waals surface area contributed by atoms with Crippen molar-refractivity contribution < 1.29 is 14.3 Å². The lowest BCUT2D eigenvalue weighted by molar-refractivity contribution is 0.112. The van der Waals surface area contributed by atoms with Gasteiger partial charge >= 0.3 is 0 Å². The number of carbonyl (C=O) groups is 1. The molecule has 1 aromatic carbocycles. The van der Waals surface area contributed by atoms with E-state index < -0.39 is 0 Å². The molecule has 0 aliphatic heterocycles. The Morgan fingerprint density at radius 2 is 2.07 bits per heavy atom. The molecule has 15 heavy (non-hydrogen) atoms. The van der Waals surface area contributed by atoms with Crippen LogP contribution in [0.15, 0.2) is 18.2 Å². The van der Waals surface area contributed by atoms with E-state index in [-0.39, 0.29) is 0 Å². The molecule has 0 heterocycles. The van der Waals surface area contributed by atoms with E-state index in [0.717, 1.165) is 17.6 Å². The molecule has 1 aromatic rings. The molecule has 0 saturated heterocycles. The summed E-state index contributed by atoms with van der Waals surface area (Å²) < 4.78 is 10.7. The highest BCUT2D eigenvalue weighted by atomic mass is 16.5. The van der Waals surface area contributed by atoms with Crippen molar-refractivity contribution >= 4 is 6.29 Å². The summed E-state index contributed by atoms with van der Waals surface area (Å²) >= 11 is 0. The Hall–Kier alpha value is -1.35. The molecule has 0 aliphatic rings. The average molecular weight is 208 g/mol. The Morgan fingerprint density at radius 1 is 1.27 bits per heavy atom. The van der Waals surface area contributed by atoms with Crippen molar-refractivity contribution in [2.45, 2.75) is 20.5 Å². The van der Waals surface area contributed by atoms with Crippen molar-refractivity contribution in [3.63, 3.8) is 0 Å². The van der Waals surface area contributed by atoms with Gasteiger partial charge in [-0.2, -0.15) is 0 Å². The first-order chi connectivity index (χ1) is 7.31. The average Bonchev–Trinajstić information content (AvgIpc) is 2.27. The van der Waals surface area contributed by atoms with Crippen LogP contribution in [0.3, 0.4) is 0 Å². The van der Waals surface area contributed by atoms with Crippen LogP contribution in [0.5, 0.6) is 5.75 Å². The molecule has 0 bridgehead atoms. The number of hydrogen-bond acceptors (Lipinski definition) is 3. The van der Waals surface area contributed by atoms with Crippen LogP contribution < -0.4 is 4.74 Å². The largest absolute Gasteiger partial charge is 0.493 e. The molecule has 0 atom stereocenters. The smallest absolute Gasteiger partial charge is 0.150 e. The lowest BCUT2D eigenvalue weighted by atomic mass is 10.1. The van der Waals surface area contributed by atoms with E-state index in [1.807, 2.05) is 19.9 Å². The van der Waals surface area contributed by atoms with E-state index in [2.05, 4.69) is 0 Å². The van der Waals surface area contributed by atoms with Crippen molar-refractivity contribution in [1.29, 1.82) is 0 Å². The van der Waals surface area contributed by atoms with Crippen LogP contribution >= 0.6 is 0 Å². The summed E-state index contributed by atoms with van der Waals surface area (Å²) in [5.41, 5.74) is 1.60. The van der Waals surface area contributed by atoms with Gasteiger partial charge in [-0.25, -0.2) is 0 Å². The quantitative estimate of drug-likeness (QED) is 0.673. The van der Waals surface area contributed by atoms with Gasteiger partial charge in [0, 0.05) is 17.7 Å². The summed E-state index contributed by atoms with van der Waals surface area (Å²) in [6.07, 6.45) is 0.812. The van der Waals surface area contributed by atoms with Crippen LogP contribution in [0, 0.1) is 0 Å². The summed E-state index contributed by atoms with van der Waals surface area (Å²) in [6, 6.07) is 5.37. The standard InChI is InChI=1S/C12H16O3/c1-3-14-9-11-6-5-10(8-13)7-12(11)15-4-2/h5-8H,3-4,9H2,1-2H3. The normalized spacial score (nSPS) is 10.0. The SMILES string of the molecule is CCOCc1ccc(C=O)cc1OCC. The molecule has 1 rings (SSSR count). The van der Waals surface area contributed by atoms with Gasteiger partial charge in [0.1, 0.15) is 12.0 Å². The Kier molecular flexibility index (Phi) is 4.84. The van der Waals surface area contributed by atoms with E-state index in [1.54, 1.807) is 12.1 Å². The number of aldehydes is 1. The maximum atomic E-state index is 10.6. The van der Waals surface area contributed by atoms with E-state index >= 15 is 0 Å². The van der Waals surface area contributed by atoms with Gasteiger partial charge in [-0.1, -0.05) is 12.1 Å². The molecule has 0 aromatic heterocycles. The fourth-order valence-electron chi connectivity index (χ4n) is 1.27. The molecule has 0 aliphatic carbocycles. The van der Waals surface area contributed by atoms with Crippen LogP contribution in [-0.2, 0) is 11.3 Å². The van der Waals surface area contributed by atoms with E-state index in [1.165, 1.54) is 0 Å². The van der Waals surface area contributed by atoms with Gasteiger partial charge in [0.25, 0.3) is 0 Å². The molecule has 82 valence electrons. The maximum Gasteiger partial charge on any atom is 0.150 e. The van der Waals surface area contributed by atoms with E-state index in [4.69, 9.17) is 9.47 Å². The van der Waals surface area contributed by atoms with Gasteiger partial charge in [0.05, 0.1) is 13.2 Å². The first kappa shape index (κ1) is 11.7. The van der Waals surface area contributed by atoms with E-state index in [9.17, 15) is 4.79 Å². The van der Waals surface area contributed by atoms with Gasteiger partial charge in [-0.15, -0.1) is 0 Å². The summed E-state index contributed by atoms with van der Waals surface area (Å²) in [6.45, 7) is 5.63. The Morgan fingerprint density at radius 3 is 2.67 bits per heavy atom. The second kappa shape index (κ2) is 6.19. The predicted octanol–water partition coefficient (Wildman–Crippen LogP) is 2.43. The van der Waals surface area contributed by atoms with Crippen molar-refractivity contribution in [1.82, 2.24) is 0 Å². The molecule has 0 fully saturated rings. The van der Waals surface area contributed by atoms with Crippen LogP contribution in [0.2, 0.25) is 0 Å². The molecule has 0 unspecified atom stereocenters. The monoisotopic (exact) mass is 208 g/mol. The Bertz CT molecular complexity index is 321. The van der Waals surface area contributed by atoms with Crippen LogP contribution in [0.1, 0.15) is 29.8 Å². The third kappa shape index (κ3) is 3.36. The van der Waals surface area contributed by atoms with Crippen molar-refractivity contribution in [3.8, 4) is 5.75 Å². The van der Waals surface area contributed by atoms with Gasteiger partial charge in [0.2, 0.25) is 0 Å². The minimum atomic E-state index is 0.519. The first-order valence-corrected chi connectivity index (χ1v) is 5.10. The maximum absolute atomic E-state index is 10.6. The van der Waals surface area contributed by atoms with Crippen molar-refractivity contribution in [2.75, 3.05) is 13.2 Å². The lowest BCUT2D eigenvalue weighted by Gasteiger charge is -2.10. The molecule has 3 heteroatoms. The van der Waals surface area contributed by atoms with Crippen LogP contribution in [0.25, 0.3) is 0 Å². The van der Waals surface area contributed by atoms with E-state index in [0.29, 0.717) is 25.4 Å². The number of carbonyl (C=O) groups excluding carboxylic acids is 1. The van der Waals surface area contributed by atoms with Gasteiger partial charge < -0.3 is 9.47 Å². The highest BCUT2D eigenvalue weighted by Crippen LogP contribution is 2.20. The minimum absolute atomic E-state index is 0.519. The van der Waals surface area contributed by atoms with Crippen molar-refractivity contribution in [3.05, 3.63) is 29.3 Å². The van der Waals surface area contributed by atoms with Gasteiger partial charge in [0.15, 0.2) is 0 Å². The summed E-state index contributed by atoms with van der Waals surface area (Å²) in [5.74, 6) is 0.732. The molecular formula is C12H16O3. The predicted molar refractivity (Wildman–Crippen MR) is 58.3 cm³/mol. The zero-order valence-corrected chi connectivity index (χ0v) is 9.16. The molecular weight excluding hydrogens is 192 g/mol. The molecule has 0 saturated carbocycles. The Labute approximate surface area is 90.0 Å². The molecule has 0 N–H and O–H groups in total. The highest BCUT2D eigenvalue weighted by Gasteiger charge is 2.04. The van der Waals surface area contributed by atoms with Crippen LogP contribution in [-0.4, -0.2) is 19.5 Å². The number of hydrogen-bond donors (Lipinski definition) is 0. The van der Waals surface area contributed by atoms with Crippen LogP contribution in [0.4, 0.5) is 0 Å². The molecule has 0 radical (unpaired) electrons. The zero-order chi connectivity index (χ0) is 11.1. The Balaban J connectivity index is 2.87. The lowest BCUT2D eigenvalue weighted by Crippen LogP contribution is -2.00. The molecule has 3 nitrogen and oxygen atoms in total. The highest BCUT2D eigenvalue weighted by molar-refractivity contribution is 5.75. The summed E-state index contributed by atoms with van der Waals surface area (Å²) in [7, 11) is 0. The summed E-state index contributed by atoms with van der Waals surface area (Å²) in [5, 5.41) is 0. The minimum Gasteiger partial charge on any atom is -0.493 e. The fourth-order valence-corrected chi connectivity index (χ4v) is 1.27. The molecule has 0 amide bonds. The number of benzene rings is 1. The summed E-state index contributed by atoms with van der Waals surface area (Å²) in [4.78, 5) is 10.6. The zero-order valence-electron chi connectivity index (χ0n) is 9.16. The second-order valence-electron chi connectivity index (χ2n) is 3.06. The fraction of sp³-hybridized carbons (Fsp3) is 0.417. The number of ether oxygens (including phenoxy) is 2. The topological polar surface area (TPSA) is 35.5 Å². The third-order valence-electron chi connectivity index (χ3n) is 1.99. The number of rotatable bonds is 6. The third-order valence-corrected chi connectivity index (χ3v) is 1.99. The van der Waals surface area contributed by atoms with Gasteiger partial charge in [-0.05, 0) is 19.9 Å². The van der Waals surface area contributed by atoms with Gasteiger partial charge in [-0.3, -0.25) is 4.79 Å². The second-order valence-corrected chi connectivity index (χ2v) is 3.06.